The molecule has 0 fully saturated rings. The third-order valence-electron chi connectivity index (χ3n) is 3.29. The van der Waals surface area contributed by atoms with Gasteiger partial charge in [-0.25, -0.2) is 9.97 Å². The van der Waals surface area contributed by atoms with Gasteiger partial charge < -0.3 is 10.6 Å². The number of hydrogen-bond donors (Lipinski definition) is 2. The van der Waals surface area contributed by atoms with Crippen LogP contribution in [0.2, 0.25) is 0 Å². The Kier molecular flexibility index (Phi) is 4.95. The van der Waals surface area contributed by atoms with E-state index in [0.29, 0.717) is 0 Å². The van der Waals surface area contributed by atoms with Crippen LogP contribution >= 0.6 is 11.3 Å². The van der Waals surface area contributed by atoms with Gasteiger partial charge in [-0.05, 0) is 37.3 Å². The molecule has 0 amide bonds. The number of nitrogens with one attached hydrogen (secondary N) is 2. The SMILES string of the molecule is CCCc1nc(NC)c(C)c(NCc2sccc2C)n1. The standard InChI is InChI=1S/C15H22N4S/c1-5-6-13-18-14(16-4)11(3)15(19-13)17-9-12-10(2)7-8-20-12/h7-8H,5-6,9H2,1-4H3,(H2,16,17,18,19). The highest BCUT2D eigenvalue weighted by atomic mass is 32.1. The summed E-state index contributed by atoms with van der Waals surface area (Å²) in [6.45, 7) is 7.15. The summed E-state index contributed by atoms with van der Waals surface area (Å²) in [6, 6.07) is 2.15. The minimum atomic E-state index is 0.816. The summed E-state index contributed by atoms with van der Waals surface area (Å²) >= 11 is 1.78. The molecule has 0 aromatic carbocycles. The molecule has 0 aliphatic rings. The quantitative estimate of drug-likeness (QED) is 0.850. The molecule has 4 nitrogen and oxygen atoms in total. The Hall–Kier alpha value is -1.62. The van der Waals surface area contributed by atoms with Crippen molar-refractivity contribution in [1.82, 2.24) is 9.97 Å². The fourth-order valence-corrected chi connectivity index (χ4v) is 2.91. The minimum Gasteiger partial charge on any atom is -0.373 e. The van der Waals surface area contributed by atoms with Crippen LogP contribution < -0.4 is 10.6 Å². The summed E-state index contributed by atoms with van der Waals surface area (Å²) in [5, 5.41) is 8.73. The zero-order valence-corrected chi connectivity index (χ0v) is 13.4. The van der Waals surface area contributed by atoms with Crippen LogP contribution in [0.5, 0.6) is 0 Å². The fraction of sp³-hybridized carbons (Fsp3) is 0.467. The lowest BCUT2D eigenvalue weighted by Crippen LogP contribution is -2.09. The van der Waals surface area contributed by atoms with Crippen molar-refractivity contribution < 1.29 is 0 Å². The molecule has 0 saturated heterocycles. The first-order valence-electron chi connectivity index (χ1n) is 6.97. The van der Waals surface area contributed by atoms with Crippen molar-refractivity contribution in [3.8, 4) is 0 Å². The predicted molar refractivity (Wildman–Crippen MR) is 86.7 cm³/mol. The van der Waals surface area contributed by atoms with Crippen molar-refractivity contribution in [2.75, 3.05) is 17.7 Å². The number of hydrogen-bond acceptors (Lipinski definition) is 5. The van der Waals surface area contributed by atoms with Crippen molar-refractivity contribution in [2.45, 2.75) is 40.2 Å². The van der Waals surface area contributed by atoms with Gasteiger partial charge in [0.25, 0.3) is 0 Å². The predicted octanol–water partition coefficient (Wildman–Crippen LogP) is 3.76. The third kappa shape index (κ3) is 3.28. The highest BCUT2D eigenvalue weighted by molar-refractivity contribution is 7.10. The van der Waals surface area contributed by atoms with Crippen LogP contribution in [0.15, 0.2) is 11.4 Å². The molecule has 0 atom stereocenters. The van der Waals surface area contributed by atoms with Crippen LogP contribution in [0, 0.1) is 13.8 Å². The highest BCUT2D eigenvalue weighted by Crippen LogP contribution is 2.22. The van der Waals surface area contributed by atoms with Crippen molar-refractivity contribution in [2.24, 2.45) is 0 Å². The lowest BCUT2D eigenvalue weighted by Gasteiger charge is -2.13. The van der Waals surface area contributed by atoms with Crippen LogP contribution in [-0.2, 0) is 13.0 Å². The van der Waals surface area contributed by atoms with E-state index < -0.39 is 0 Å². The maximum Gasteiger partial charge on any atom is 0.135 e. The average molecular weight is 290 g/mol. The van der Waals surface area contributed by atoms with Crippen molar-refractivity contribution in [3.63, 3.8) is 0 Å². The van der Waals surface area contributed by atoms with Crippen LogP contribution in [0.25, 0.3) is 0 Å². The molecule has 0 unspecified atom stereocenters. The molecule has 0 saturated carbocycles. The summed E-state index contributed by atoms with van der Waals surface area (Å²) in [7, 11) is 1.90. The maximum absolute atomic E-state index is 4.64. The Morgan fingerprint density at radius 1 is 1.20 bits per heavy atom. The first-order chi connectivity index (χ1) is 9.65. The molecule has 2 heterocycles. The lowest BCUT2D eigenvalue weighted by molar-refractivity contribution is 0.832. The van der Waals surface area contributed by atoms with Gasteiger partial charge in [0, 0.05) is 23.9 Å². The molecule has 0 aliphatic heterocycles. The van der Waals surface area contributed by atoms with E-state index >= 15 is 0 Å². The second-order valence-corrected chi connectivity index (χ2v) is 5.84. The molecule has 2 aromatic heterocycles. The molecule has 5 heteroatoms. The zero-order chi connectivity index (χ0) is 14.5. The Bertz CT molecular complexity index is 577. The molecule has 108 valence electrons. The number of nitrogens with zero attached hydrogens (tertiary/aromatic N) is 2. The van der Waals surface area contributed by atoms with Gasteiger partial charge in [-0.1, -0.05) is 6.92 Å². The van der Waals surface area contributed by atoms with Crippen molar-refractivity contribution in [1.29, 1.82) is 0 Å². The van der Waals surface area contributed by atoms with Crippen LogP contribution in [0.4, 0.5) is 11.6 Å². The van der Waals surface area contributed by atoms with Crippen LogP contribution in [0.3, 0.4) is 0 Å². The number of aromatic nitrogens is 2. The number of rotatable bonds is 6. The number of anilines is 2. The first-order valence-corrected chi connectivity index (χ1v) is 7.85. The van der Waals surface area contributed by atoms with E-state index in [1.807, 2.05) is 14.0 Å². The second-order valence-electron chi connectivity index (χ2n) is 4.84. The van der Waals surface area contributed by atoms with Gasteiger partial charge in [-0.2, -0.15) is 0 Å². The summed E-state index contributed by atoms with van der Waals surface area (Å²) in [6.07, 6.45) is 1.96. The molecule has 2 aromatic rings. The molecular formula is C15H22N4S. The number of aryl methyl sites for hydroxylation is 2. The van der Waals surface area contributed by atoms with Gasteiger partial charge in [0.15, 0.2) is 0 Å². The van der Waals surface area contributed by atoms with E-state index in [2.05, 4.69) is 45.9 Å². The van der Waals surface area contributed by atoms with Gasteiger partial charge in [0.05, 0.1) is 6.54 Å². The van der Waals surface area contributed by atoms with Crippen LogP contribution in [0.1, 0.15) is 35.2 Å². The van der Waals surface area contributed by atoms with Gasteiger partial charge >= 0.3 is 0 Å². The summed E-state index contributed by atoms with van der Waals surface area (Å²) < 4.78 is 0. The van der Waals surface area contributed by atoms with Crippen LogP contribution in [-0.4, -0.2) is 17.0 Å². The summed E-state index contributed by atoms with van der Waals surface area (Å²) in [5.74, 6) is 2.74. The number of thiophene rings is 1. The van der Waals surface area contributed by atoms with Crippen molar-refractivity contribution in [3.05, 3.63) is 33.3 Å². The molecule has 2 rings (SSSR count). The monoisotopic (exact) mass is 290 g/mol. The Labute approximate surface area is 124 Å². The Morgan fingerprint density at radius 3 is 2.55 bits per heavy atom. The highest BCUT2D eigenvalue weighted by Gasteiger charge is 2.10. The molecule has 0 spiro atoms. The topological polar surface area (TPSA) is 49.8 Å². The molecule has 0 aliphatic carbocycles. The van der Waals surface area contributed by atoms with Crippen molar-refractivity contribution >= 4 is 23.0 Å². The van der Waals surface area contributed by atoms with E-state index in [1.54, 1.807) is 11.3 Å². The molecular weight excluding hydrogens is 268 g/mol. The zero-order valence-electron chi connectivity index (χ0n) is 12.6. The lowest BCUT2D eigenvalue weighted by atomic mass is 10.2. The minimum absolute atomic E-state index is 0.816. The summed E-state index contributed by atoms with van der Waals surface area (Å²) in [4.78, 5) is 10.5. The third-order valence-corrected chi connectivity index (χ3v) is 4.31. The van der Waals surface area contributed by atoms with Gasteiger partial charge in [0.2, 0.25) is 0 Å². The van der Waals surface area contributed by atoms with Gasteiger partial charge in [0.1, 0.15) is 17.5 Å². The molecule has 0 bridgehead atoms. The second kappa shape index (κ2) is 6.70. The van der Waals surface area contributed by atoms with E-state index in [1.165, 1.54) is 10.4 Å². The normalized spacial score (nSPS) is 10.6. The van der Waals surface area contributed by atoms with E-state index in [4.69, 9.17) is 0 Å². The van der Waals surface area contributed by atoms with E-state index in [-0.39, 0.29) is 0 Å². The smallest absolute Gasteiger partial charge is 0.135 e. The average Bonchev–Trinajstić information content (AvgIpc) is 2.84. The largest absolute Gasteiger partial charge is 0.373 e. The maximum atomic E-state index is 4.64. The first kappa shape index (κ1) is 14.8. The molecule has 20 heavy (non-hydrogen) atoms. The van der Waals surface area contributed by atoms with Gasteiger partial charge in [-0.3, -0.25) is 0 Å². The van der Waals surface area contributed by atoms with E-state index in [9.17, 15) is 0 Å². The molecule has 2 N–H and O–H groups in total. The summed E-state index contributed by atoms with van der Waals surface area (Å²) in [5.41, 5.74) is 2.40. The van der Waals surface area contributed by atoms with E-state index in [0.717, 1.165) is 42.4 Å². The fourth-order valence-electron chi connectivity index (χ4n) is 2.06. The van der Waals surface area contributed by atoms with Gasteiger partial charge in [-0.15, -0.1) is 11.3 Å². The Morgan fingerprint density at radius 2 is 1.95 bits per heavy atom. The Balaban J connectivity index is 2.21. The molecule has 0 radical (unpaired) electrons.